The van der Waals surface area contributed by atoms with Crippen LogP contribution in [0.4, 0.5) is 0 Å². The van der Waals surface area contributed by atoms with Gasteiger partial charge in [0.15, 0.2) is 0 Å². The lowest BCUT2D eigenvalue weighted by atomic mass is 10.0. The molecule has 0 atom stereocenters. The number of hydrogen-bond donors (Lipinski definition) is 0. The molecule has 4 rings (SSSR count). The largest absolute Gasteiger partial charge is 0.232 e. The molecule has 1 heterocycles. The fourth-order valence-corrected chi connectivity index (χ4v) is 3.56. The number of aromatic nitrogens is 2. The van der Waals surface area contributed by atoms with Gasteiger partial charge in [0.05, 0.1) is 17.6 Å². The maximum absolute atomic E-state index is 6.44. The molecule has 0 aliphatic carbocycles. The zero-order valence-electron chi connectivity index (χ0n) is 13.5. The topological polar surface area (TPSA) is 17.8 Å². The summed E-state index contributed by atoms with van der Waals surface area (Å²) in [6.45, 7) is 0. The van der Waals surface area contributed by atoms with E-state index in [1.165, 1.54) is 0 Å². The summed E-state index contributed by atoms with van der Waals surface area (Å²) >= 11 is 18.5. The highest BCUT2D eigenvalue weighted by Crippen LogP contribution is 2.35. The lowest BCUT2D eigenvalue weighted by Gasteiger charge is -2.14. The Labute approximate surface area is 166 Å². The van der Waals surface area contributed by atoms with Gasteiger partial charge < -0.3 is 0 Å². The van der Waals surface area contributed by atoms with Gasteiger partial charge in [0.2, 0.25) is 0 Å². The van der Waals surface area contributed by atoms with E-state index in [1.54, 1.807) is 12.3 Å². The molecule has 0 aliphatic rings. The summed E-state index contributed by atoms with van der Waals surface area (Å²) in [5.74, 6) is 0. The number of para-hydroxylation sites is 1. The van der Waals surface area contributed by atoms with Crippen molar-refractivity contribution in [2.24, 2.45) is 0 Å². The zero-order valence-corrected chi connectivity index (χ0v) is 15.8. The summed E-state index contributed by atoms with van der Waals surface area (Å²) in [6, 6.07) is 23.2. The highest BCUT2D eigenvalue weighted by Gasteiger charge is 2.14. The van der Waals surface area contributed by atoms with Gasteiger partial charge in [0.25, 0.3) is 0 Å². The van der Waals surface area contributed by atoms with Crippen molar-refractivity contribution < 1.29 is 0 Å². The van der Waals surface area contributed by atoms with E-state index in [9.17, 15) is 0 Å². The third kappa shape index (κ3) is 3.24. The van der Waals surface area contributed by atoms with Crippen molar-refractivity contribution >= 4 is 34.8 Å². The Morgan fingerprint density at radius 1 is 0.692 bits per heavy atom. The molecule has 26 heavy (non-hydrogen) atoms. The molecule has 0 N–H and O–H groups in total. The van der Waals surface area contributed by atoms with Crippen LogP contribution in [0.1, 0.15) is 0 Å². The molecular formula is C21H13Cl3N2. The van der Waals surface area contributed by atoms with Gasteiger partial charge in [0.1, 0.15) is 0 Å². The van der Waals surface area contributed by atoms with Crippen LogP contribution in [0.2, 0.25) is 15.1 Å². The Morgan fingerprint density at radius 3 is 2.19 bits per heavy atom. The summed E-state index contributed by atoms with van der Waals surface area (Å²) in [5, 5.41) is 6.45. The number of hydrogen-bond acceptors (Lipinski definition) is 1. The second-order valence-corrected chi connectivity index (χ2v) is 7.06. The first-order valence-electron chi connectivity index (χ1n) is 7.98. The third-order valence-corrected chi connectivity index (χ3v) is 4.94. The van der Waals surface area contributed by atoms with Crippen LogP contribution in [0.25, 0.3) is 28.1 Å². The Hall–Kier alpha value is -2.26. The third-order valence-electron chi connectivity index (χ3n) is 4.14. The minimum atomic E-state index is 0.602. The first kappa shape index (κ1) is 17.2. The van der Waals surface area contributed by atoms with Gasteiger partial charge in [-0.1, -0.05) is 71.2 Å². The van der Waals surface area contributed by atoms with Crippen molar-refractivity contribution in [3.63, 3.8) is 0 Å². The number of rotatable bonds is 3. The molecule has 2 nitrogen and oxygen atoms in total. The van der Waals surface area contributed by atoms with Crippen LogP contribution in [0.5, 0.6) is 0 Å². The van der Waals surface area contributed by atoms with E-state index in [0.29, 0.717) is 15.1 Å². The minimum Gasteiger partial charge on any atom is -0.232 e. The van der Waals surface area contributed by atoms with Crippen molar-refractivity contribution in [3.8, 4) is 28.1 Å². The van der Waals surface area contributed by atoms with Crippen LogP contribution in [0.15, 0.2) is 79.0 Å². The standard InChI is InChI=1S/C21H13Cl3N2/c22-15-7-5-14(6-8-15)20-11-12-25-26(20)21-4-2-1-3-18(21)17-10-9-16(23)13-19(17)24/h1-13H. The van der Waals surface area contributed by atoms with Gasteiger partial charge in [0, 0.05) is 31.8 Å². The van der Waals surface area contributed by atoms with Gasteiger partial charge in [-0.3, -0.25) is 0 Å². The van der Waals surface area contributed by atoms with Crippen LogP contribution in [0, 0.1) is 0 Å². The number of benzene rings is 3. The lowest BCUT2D eigenvalue weighted by Crippen LogP contribution is -2.01. The first-order valence-corrected chi connectivity index (χ1v) is 9.12. The van der Waals surface area contributed by atoms with E-state index in [4.69, 9.17) is 34.8 Å². The van der Waals surface area contributed by atoms with Crippen LogP contribution in [-0.2, 0) is 0 Å². The van der Waals surface area contributed by atoms with E-state index in [0.717, 1.165) is 28.1 Å². The number of halogens is 3. The predicted molar refractivity (Wildman–Crippen MR) is 109 cm³/mol. The highest BCUT2D eigenvalue weighted by molar-refractivity contribution is 6.36. The fourth-order valence-electron chi connectivity index (χ4n) is 2.93. The van der Waals surface area contributed by atoms with Gasteiger partial charge in [-0.15, -0.1) is 0 Å². The molecule has 128 valence electrons. The molecule has 0 unspecified atom stereocenters. The quantitative estimate of drug-likeness (QED) is 0.357. The Bertz CT molecular complexity index is 1070. The van der Waals surface area contributed by atoms with Gasteiger partial charge in [-0.05, 0) is 36.4 Å². The highest BCUT2D eigenvalue weighted by atomic mass is 35.5. The monoisotopic (exact) mass is 398 g/mol. The summed E-state index contributed by atoms with van der Waals surface area (Å²) in [5.41, 5.74) is 4.83. The molecule has 0 amide bonds. The van der Waals surface area contributed by atoms with E-state index >= 15 is 0 Å². The Balaban J connectivity index is 1.89. The molecule has 0 saturated heterocycles. The molecule has 1 aromatic heterocycles. The van der Waals surface area contributed by atoms with Crippen molar-refractivity contribution in [2.45, 2.75) is 0 Å². The maximum atomic E-state index is 6.44. The molecule has 0 aliphatic heterocycles. The molecule has 0 fully saturated rings. The molecule has 0 spiro atoms. The molecule has 0 radical (unpaired) electrons. The summed E-state index contributed by atoms with van der Waals surface area (Å²) in [4.78, 5) is 0. The van der Waals surface area contributed by atoms with Crippen LogP contribution < -0.4 is 0 Å². The molecule has 0 saturated carbocycles. The van der Waals surface area contributed by atoms with Crippen molar-refractivity contribution in [2.75, 3.05) is 0 Å². The fraction of sp³-hybridized carbons (Fsp3) is 0. The normalized spacial score (nSPS) is 10.9. The second kappa shape index (κ2) is 7.16. The van der Waals surface area contributed by atoms with E-state index < -0.39 is 0 Å². The van der Waals surface area contributed by atoms with Gasteiger partial charge in [-0.2, -0.15) is 5.10 Å². The van der Waals surface area contributed by atoms with E-state index in [2.05, 4.69) is 5.10 Å². The molecule has 0 bridgehead atoms. The average molecular weight is 400 g/mol. The lowest BCUT2D eigenvalue weighted by molar-refractivity contribution is 0.890. The van der Waals surface area contributed by atoms with Crippen molar-refractivity contribution in [1.82, 2.24) is 9.78 Å². The number of nitrogens with zero attached hydrogens (tertiary/aromatic N) is 2. The summed E-state index contributed by atoms with van der Waals surface area (Å²) in [7, 11) is 0. The molecule has 3 aromatic carbocycles. The Morgan fingerprint density at radius 2 is 1.42 bits per heavy atom. The van der Waals surface area contributed by atoms with E-state index in [1.807, 2.05) is 71.4 Å². The Kier molecular flexibility index (Phi) is 4.73. The van der Waals surface area contributed by atoms with Crippen LogP contribution in [0.3, 0.4) is 0 Å². The smallest absolute Gasteiger partial charge is 0.0741 e. The predicted octanol–water partition coefficient (Wildman–Crippen LogP) is 7.17. The second-order valence-electron chi connectivity index (χ2n) is 5.78. The van der Waals surface area contributed by atoms with E-state index in [-0.39, 0.29) is 0 Å². The van der Waals surface area contributed by atoms with Crippen LogP contribution >= 0.6 is 34.8 Å². The van der Waals surface area contributed by atoms with Crippen molar-refractivity contribution in [3.05, 3.63) is 94.1 Å². The maximum Gasteiger partial charge on any atom is 0.0741 e. The van der Waals surface area contributed by atoms with Crippen molar-refractivity contribution in [1.29, 1.82) is 0 Å². The SMILES string of the molecule is Clc1ccc(-c2ccnn2-c2ccccc2-c2ccc(Cl)cc2Cl)cc1. The zero-order chi connectivity index (χ0) is 18.1. The van der Waals surface area contributed by atoms with Gasteiger partial charge >= 0.3 is 0 Å². The first-order chi connectivity index (χ1) is 12.6. The van der Waals surface area contributed by atoms with Crippen LogP contribution in [-0.4, -0.2) is 9.78 Å². The average Bonchev–Trinajstić information content (AvgIpc) is 3.12. The molecule has 4 aromatic rings. The summed E-state index contributed by atoms with van der Waals surface area (Å²) in [6.07, 6.45) is 1.78. The summed E-state index contributed by atoms with van der Waals surface area (Å²) < 4.78 is 1.91. The minimum absolute atomic E-state index is 0.602. The molecular weight excluding hydrogens is 387 g/mol. The molecule has 5 heteroatoms. The van der Waals surface area contributed by atoms with Gasteiger partial charge in [-0.25, -0.2) is 4.68 Å².